The first-order valence-electron chi connectivity index (χ1n) is 5.20. The van der Waals surface area contributed by atoms with E-state index < -0.39 is 4.92 Å². The van der Waals surface area contributed by atoms with Gasteiger partial charge in [-0.1, -0.05) is 0 Å². The zero-order valence-corrected chi connectivity index (χ0v) is 10.1. The molecule has 0 atom stereocenters. The summed E-state index contributed by atoms with van der Waals surface area (Å²) in [6.45, 7) is 3.81. The van der Waals surface area contributed by atoms with E-state index >= 15 is 0 Å². The van der Waals surface area contributed by atoms with Crippen molar-refractivity contribution < 1.29 is 9.65 Å². The summed E-state index contributed by atoms with van der Waals surface area (Å²) in [5.41, 5.74) is 2.08. The van der Waals surface area contributed by atoms with Gasteiger partial charge in [-0.3, -0.25) is 15.1 Å². The van der Waals surface area contributed by atoms with Crippen LogP contribution in [0.4, 0.5) is 5.69 Å². The average Bonchev–Trinajstić information content (AvgIpc) is 2.29. The Balaban J connectivity index is 0.000000180. The lowest BCUT2D eigenvalue weighted by Gasteiger charge is -1.96. The van der Waals surface area contributed by atoms with Gasteiger partial charge in [0.1, 0.15) is 0 Å². The van der Waals surface area contributed by atoms with Crippen molar-refractivity contribution in [3.63, 3.8) is 0 Å². The second-order valence-electron chi connectivity index (χ2n) is 3.71. The highest BCUT2D eigenvalue weighted by atomic mass is 16.6. The zero-order chi connectivity index (χ0) is 13.5. The molecule has 94 valence electrons. The molecule has 6 heteroatoms. The summed E-state index contributed by atoms with van der Waals surface area (Å²) in [6.07, 6.45) is 5.87. The van der Waals surface area contributed by atoms with Gasteiger partial charge in [0.05, 0.1) is 4.92 Å². The highest BCUT2D eigenvalue weighted by Gasteiger charge is 1.99. The predicted octanol–water partition coefficient (Wildman–Crippen LogP) is 1.93. The molecule has 0 aliphatic heterocycles. The molecule has 0 unspecified atom stereocenters. The molecule has 2 aromatic heterocycles. The Morgan fingerprint density at radius 1 is 1.17 bits per heavy atom. The van der Waals surface area contributed by atoms with E-state index in [1.54, 1.807) is 12.4 Å². The lowest BCUT2D eigenvalue weighted by Crippen LogP contribution is -2.25. The standard InChI is InChI=1S/C7H9NO.C5H4N2O2/c1-6-3-7(2)5-8(9)4-6;8-7(9)5-1-3-6-4-2-5/h3-5H,1-2H3;1-4H. The Hall–Kier alpha value is -2.50. The maximum atomic E-state index is 10.6. The van der Waals surface area contributed by atoms with Crippen LogP contribution in [0.5, 0.6) is 0 Å². The third kappa shape index (κ3) is 4.56. The summed E-state index contributed by atoms with van der Waals surface area (Å²) in [5, 5.41) is 20.6. The molecule has 0 saturated heterocycles. The largest absolute Gasteiger partial charge is 0.619 e. The van der Waals surface area contributed by atoms with Gasteiger partial charge in [-0.05, 0) is 19.9 Å². The maximum absolute atomic E-state index is 10.6. The third-order valence-corrected chi connectivity index (χ3v) is 1.99. The highest BCUT2D eigenvalue weighted by molar-refractivity contribution is 5.24. The maximum Gasteiger partial charge on any atom is 0.272 e. The molecule has 0 fully saturated rings. The second kappa shape index (κ2) is 6.29. The molecule has 18 heavy (non-hydrogen) atoms. The van der Waals surface area contributed by atoms with E-state index in [9.17, 15) is 15.3 Å². The summed E-state index contributed by atoms with van der Waals surface area (Å²) >= 11 is 0. The summed E-state index contributed by atoms with van der Waals surface area (Å²) in [5.74, 6) is 0. The first-order chi connectivity index (χ1) is 8.49. The van der Waals surface area contributed by atoms with Crippen molar-refractivity contribution in [3.05, 3.63) is 69.4 Å². The molecular weight excluding hydrogens is 234 g/mol. The minimum Gasteiger partial charge on any atom is -0.619 e. The predicted molar refractivity (Wildman–Crippen MR) is 65.8 cm³/mol. The Kier molecular flexibility index (Phi) is 4.74. The first-order valence-corrected chi connectivity index (χ1v) is 5.20. The van der Waals surface area contributed by atoms with Gasteiger partial charge < -0.3 is 5.21 Å². The number of nitrogens with zero attached hydrogens (tertiary/aromatic N) is 3. The van der Waals surface area contributed by atoms with Crippen LogP contribution < -0.4 is 4.73 Å². The van der Waals surface area contributed by atoms with Gasteiger partial charge >= 0.3 is 0 Å². The quantitative estimate of drug-likeness (QED) is 0.333. The molecule has 0 saturated carbocycles. The lowest BCUT2D eigenvalue weighted by atomic mass is 10.2. The van der Waals surface area contributed by atoms with Gasteiger partial charge in [0.15, 0.2) is 12.4 Å². The van der Waals surface area contributed by atoms with Crippen LogP contribution in [0, 0.1) is 29.2 Å². The van der Waals surface area contributed by atoms with Crippen molar-refractivity contribution in [2.24, 2.45) is 0 Å². The molecule has 2 heterocycles. The van der Waals surface area contributed by atoms with Gasteiger partial charge in [0.2, 0.25) is 0 Å². The van der Waals surface area contributed by atoms with Crippen LogP contribution in [0.1, 0.15) is 11.1 Å². The van der Waals surface area contributed by atoms with E-state index in [-0.39, 0.29) is 5.69 Å². The van der Waals surface area contributed by atoms with Gasteiger partial charge in [-0.2, -0.15) is 4.73 Å². The normalized spacial score (nSPS) is 9.22. The zero-order valence-electron chi connectivity index (χ0n) is 10.1. The topological polar surface area (TPSA) is 83.0 Å². The highest BCUT2D eigenvalue weighted by Crippen LogP contribution is 2.05. The summed E-state index contributed by atoms with van der Waals surface area (Å²) < 4.78 is 0.824. The number of nitro groups is 1. The summed E-state index contributed by atoms with van der Waals surface area (Å²) in [6, 6.07) is 4.66. The van der Waals surface area contributed by atoms with Crippen LogP contribution >= 0.6 is 0 Å². The first kappa shape index (κ1) is 13.6. The number of rotatable bonds is 1. The molecule has 0 N–H and O–H groups in total. The van der Waals surface area contributed by atoms with Crippen molar-refractivity contribution in [3.8, 4) is 0 Å². The molecule has 0 spiro atoms. The van der Waals surface area contributed by atoms with Crippen molar-refractivity contribution in [2.75, 3.05) is 0 Å². The molecule has 0 aliphatic carbocycles. The molecule has 0 aliphatic rings. The minimum absolute atomic E-state index is 0.0741. The van der Waals surface area contributed by atoms with Gasteiger partial charge in [-0.15, -0.1) is 0 Å². The van der Waals surface area contributed by atoms with Crippen molar-refractivity contribution in [1.29, 1.82) is 0 Å². The van der Waals surface area contributed by atoms with E-state index in [0.29, 0.717) is 0 Å². The average molecular weight is 247 g/mol. The molecular formula is C12H13N3O3. The number of aryl methyl sites for hydroxylation is 2. The van der Waals surface area contributed by atoms with E-state index in [2.05, 4.69) is 4.98 Å². The van der Waals surface area contributed by atoms with Crippen LogP contribution in [0.3, 0.4) is 0 Å². The van der Waals surface area contributed by atoms with Crippen LogP contribution in [0.15, 0.2) is 43.0 Å². The van der Waals surface area contributed by atoms with Gasteiger partial charge in [0, 0.05) is 35.7 Å². The smallest absolute Gasteiger partial charge is 0.272 e. The van der Waals surface area contributed by atoms with E-state index in [4.69, 9.17) is 0 Å². The molecule has 0 amide bonds. The molecule has 6 nitrogen and oxygen atoms in total. The fourth-order valence-electron chi connectivity index (χ4n) is 1.34. The lowest BCUT2D eigenvalue weighted by molar-refractivity contribution is -0.606. The van der Waals surface area contributed by atoms with E-state index in [0.717, 1.165) is 15.9 Å². The van der Waals surface area contributed by atoms with Crippen LogP contribution in [-0.2, 0) is 0 Å². The third-order valence-electron chi connectivity index (χ3n) is 1.99. The number of pyridine rings is 2. The Bertz CT molecular complexity index is 479. The second-order valence-corrected chi connectivity index (χ2v) is 3.71. The van der Waals surface area contributed by atoms with E-state index in [1.165, 1.54) is 24.5 Å². The molecule has 0 radical (unpaired) electrons. The van der Waals surface area contributed by atoms with Crippen molar-refractivity contribution >= 4 is 5.69 Å². The fourth-order valence-corrected chi connectivity index (χ4v) is 1.34. The molecule has 0 bridgehead atoms. The number of hydrogen-bond donors (Lipinski definition) is 0. The van der Waals surface area contributed by atoms with Crippen molar-refractivity contribution in [1.82, 2.24) is 4.98 Å². The molecule has 0 aromatic carbocycles. The van der Waals surface area contributed by atoms with E-state index in [1.807, 2.05) is 19.9 Å². The van der Waals surface area contributed by atoms with Crippen molar-refractivity contribution in [2.45, 2.75) is 13.8 Å². The Morgan fingerprint density at radius 3 is 2.00 bits per heavy atom. The minimum atomic E-state index is -0.457. The van der Waals surface area contributed by atoms with Gasteiger partial charge in [0.25, 0.3) is 5.69 Å². The van der Waals surface area contributed by atoms with Crippen LogP contribution in [0.25, 0.3) is 0 Å². The number of aromatic nitrogens is 2. The SMILES string of the molecule is Cc1cc(C)c[n+]([O-])c1.O=[N+]([O-])c1ccncc1. The van der Waals surface area contributed by atoms with Crippen LogP contribution in [-0.4, -0.2) is 9.91 Å². The molecule has 2 aromatic rings. The monoisotopic (exact) mass is 247 g/mol. The Morgan fingerprint density at radius 2 is 1.67 bits per heavy atom. The summed E-state index contributed by atoms with van der Waals surface area (Å²) in [4.78, 5) is 13.1. The van der Waals surface area contributed by atoms with Gasteiger partial charge in [-0.25, -0.2) is 0 Å². The Labute approximate surface area is 104 Å². The fraction of sp³-hybridized carbons (Fsp3) is 0.167. The van der Waals surface area contributed by atoms with Crippen LogP contribution in [0.2, 0.25) is 0 Å². The molecule has 2 rings (SSSR count). The number of hydrogen-bond acceptors (Lipinski definition) is 4. The summed E-state index contributed by atoms with van der Waals surface area (Å²) in [7, 11) is 0.